The van der Waals surface area contributed by atoms with Gasteiger partial charge in [-0.1, -0.05) is 0 Å². The molecular weight excluding hydrogens is 350 g/mol. The molecule has 4 fully saturated rings. The molecule has 3 amide bonds. The summed E-state index contributed by atoms with van der Waals surface area (Å²) in [5, 5.41) is 5.27. The van der Waals surface area contributed by atoms with Gasteiger partial charge in [0.05, 0.1) is 0 Å². The average Bonchev–Trinajstić information content (AvgIpc) is 2.58. The molecule has 4 aliphatic carbocycles. The molecule has 4 bridgehead atoms. The van der Waals surface area contributed by atoms with Crippen molar-refractivity contribution in [1.29, 1.82) is 0 Å². The van der Waals surface area contributed by atoms with Crippen LogP contribution in [0.5, 0.6) is 0 Å². The fourth-order valence-electron chi connectivity index (χ4n) is 5.40. The van der Waals surface area contributed by atoms with E-state index in [0.717, 1.165) is 19.3 Å². The normalized spacial score (nSPS) is 30.6. The number of esters is 1. The molecule has 0 aromatic carbocycles. The van der Waals surface area contributed by atoms with Crippen LogP contribution in [0.1, 0.15) is 49.0 Å². The maximum atomic E-state index is 12.3. The molecule has 0 aliphatic heterocycles. The van der Waals surface area contributed by atoms with Gasteiger partial charge in [0.1, 0.15) is 0 Å². The summed E-state index contributed by atoms with van der Waals surface area (Å²) >= 11 is 0. The van der Waals surface area contributed by atoms with Crippen LogP contribution in [0, 0.1) is 17.8 Å². The average molecular weight is 373 g/mol. The summed E-state index contributed by atoms with van der Waals surface area (Å²) in [5.41, 5.74) is 5.18. The molecule has 0 radical (unpaired) electrons. The predicted octanol–water partition coefficient (Wildman–Crippen LogP) is 1.01. The lowest BCUT2D eigenvalue weighted by Gasteiger charge is -2.56. The maximum absolute atomic E-state index is 12.3. The number of ether oxygens (including phenoxy) is 1. The van der Waals surface area contributed by atoms with Gasteiger partial charge < -0.3 is 15.8 Å². The number of nitrogens with one attached hydrogen (secondary N) is 2. The molecular formula is C18H23N5O4. The number of anilines is 1. The Hall–Kier alpha value is -2.71. The summed E-state index contributed by atoms with van der Waals surface area (Å²) in [4.78, 5) is 43.6. The number of rotatable bonds is 4. The summed E-state index contributed by atoms with van der Waals surface area (Å²) in [6.07, 6.45) is 9.40. The van der Waals surface area contributed by atoms with E-state index in [4.69, 9.17) is 10.5 Å². The van der Waals surface area contributed by atoms with E-state index in [1.807, 2.05) is 0 Å². The topological polar surface area (TPSA) is 136 Å². The lowest BCUT2D eigenvalue weighted by atomic mass is 9.53. The number of carbonyl (C=O) groups excluding carboxylic acids is 3. The second-order valence-electron chi connectivity index (χ2n) is 8.07. The zero-order valence-corrected chi connectivity index (χ0v) is 14.9. The number of nitrogens with two attached hydrogens (primary N) is 1. The number of urea groups is 1. The molecule has 1 aromatic rings. The summed E-state index contributed by atoms with van der Waals surface area (Å²) in [6, 6.07) is -0.531. The quantitative estimate of drug-likeness (QED) is 0.670. The summed E-state index contributed by atoms with van der Waals surface area (Å²) in [7, 11) is 0. The minimum atomic E-state index is -0.864. The number of nitrogen functional groups attached to an aromatic ring is 1. The first kappa shape index (κ1) is 17.7. The molecule has 0 spiro atoms. The fraction of sp³-hybridized carbons (Fsp3) is 0.611. The second kappa shape index (κ2) is 6.79. The molecule has 27 heavy (non-hydrogen) atoms. The van der Waals surface area contributed by atoms with E-state index in [2.05, 4.69) is 20.6 Å². The zero-order valence-electron chi connectivity index (χ0n) is 14.9. The largest absolute Gasteiger partial charge is 0.451 e. The molecule has 0 saturated heterocycles. The van der Waals surface area contributed by atoms with E-state index in [1.165, 1.54) is 31.7 Å². The summed E-state index contributed by atoms with van der Waals surface area (Å²) in [6.45, 7) is -0.594. The molecule has 1 heterocycles. The number of imide groups is 1. The first-order valence-corrected chi connectivity index (χ1v) is 9.28. The Morgan fingerprint density at radius 1 is 1.07 bits per heavy atom. The standard InChI is InChI=1S/C18H23N5O4/c19-15-14(20-1-2-21-15)16(25)27-9-13(24)22-17(26)23-18-6-10-3-11(7-18)5-12(4-10)8-18/h1-2,10-12H,3-9H2,(H2,19,21)(H2,22,23,24,26). The highest BCUT2D eigenvalue weighted by Gasteiger charge is 2.51. The van der Waals surface area contributed by atoms with Crippen molar-refractivity contribution in [3.05, 3.63) is 18.1 Å². The molecule has 4 aliphatic rings. The SMILES string of the molecule is Nc1nccnc1C(=O)OCC(=O)NC(=O)NC12CC3CC(CC(C3)C1)C2. The van der Waals surface area contributed by atoms with Crippen molar-refractivity contribution in [3.8, 4) is 0 Å². The lowest BCUT2D eigenvalue weighted by Crippen LogP contribution is -2.62. The van der Waals surface area contributed by atoms with Crippen LogP contribution in [0.3, 0.4) is 0 Å². The van der Waals surface area contributed by atoms with E-state index in [1.54, 1.807) is 0 Å². The Bertz CT molecular complexity index is 745. The monoisotopic (exact) mass is 373 g/mol. The Kier molecular flexibility index (Phi) is 4.45. The third kappa shape index (κ3) is 3.72. The number of hydrogen-bond donors (Lipinski definition) is 3. The van der Waals surface area contributed by atoms with Crippen molar-refractivity contribution in [2.24, 2.45) is 17.8 Å². The predicted molar refractivity (Wildman–Crippen MR) is 94.3 cm³/mol. The molecule has 5 rings (SSSR count). The molecule has 9 heteroatoms. The molecule has 0 atom stereocenters. The van der Waals surface area contributed by atoms with Gasteiger partial charge in [-0.05, 0) is 56.3 Å². The number of amides is 3. The molecule has 4 saturated carbocycles. The minimum absolute atomic E-state index is 0.0810. The van der Waals surface area contributed by atoms with Crippen molar-refractivity contribution in [2.45, 2.75) is 44.1 Å². The van der Waals surface area contributed by atoms with E-state index in [-0.39, 0.29) is 17.1 Å². The Morgan fingerprint density at radius 3 is 2.26 bits per heavy atom. The van der Waals surface area contributed by atoms with Crippen molar-refractivity contribution < 1.29 is 19.1 Å². The Morgan fingerprint density at radius 2 is 1.67 bits per heavy atom. The molecule has 9 nitrogen and oxygen atoms in total. The Labute approximate surface area is 156 Å². The van der Waals surface area contributed by atoms with E-state index in [9.17, 15) is 14.4 Å². The van der Waals surface area contributed by atoms with E-state index in [0.29, 0.717) is 17.8 Å². The van der Waals surface area contributed by atoms with Crippen LogP contribution >= 0.6 is 0 Å². The van der Waals surface area contributed by atoms with Crippen molar-refractivity contribution in [3.63, 3.8) is 0 Å². The number of aromatic nitrogens is 2. The highest BCUT2D eigenvalue weighted by atomic mass is 16.5. The molecule has 4 N–H and O–H groups in total. The van der Waals surface area contributed by atoms with Crippen molar-refractivity contribution >= 4 is 23.7 Å². The number of hydrogen-bond acceptors (Lipinski definition) is 7. The zero-order chi connectivity index (χ0) is 19.0. The fourth-order valence-corrected chi connectivity index (χ4v) is 5.40. The first-order chi connectivity index (χ1) is 12.9. The summed E-state index contributed by atoms with van der Waals surface area (Å²) < 4.78 is 4.85. The van der Waals surface area contributed by atoms with Crippen molar-refractivity contribution in [2.75, 3.05) is 12.3 Å². The van der Waals surface area contributed by atoms with Crippen LogP contribution in [0.15, 0.2) is 12.4 Å². The van der Waals surface area contributed by atoms with Gasteiger partial charge >= 0.3 is 12.0 Å². The van der Waals surface area contributed by atoms with Crippen LogP contribution in [0.2, 0.25) is 0 Å². The van der Waals surface area contributed by atoms with E-state index < -0.39 is 24.5 Å². The number of carbonyl (C=O) groups is 3. The molecule has 144 valence electrons. The van der Waals surface area contributed by atoms with Crippen LogP contribution < -0.4 is 16.4 Å². The van der Waals surface area contributed by atoms with Crippen LogP contribution in [-0.2, 0) is 9.53 Å². The second-order valence-corrected chi connectivity index (χ2v) is 8.07. The van der Waals surface area contributed by atoms with Gasteiger partial charge in [0.25, 0.3) is 5.91 Å². The number of nitrogens with zero attached hydrogens (tertiary/aromatic N) is 2. The molecule has 1 aromatic heterocycles. The summed E-state index contributed by atoms with van der Waals surface area (Å²) in [5.74, 6) is 0.412. The van der Waals surface area contributed by atoms with Gasteiger partial charge in [-0.15, -0.1) is 0 Å². The van der Waals surface area contributed by atoms with Crippen LogP contribution in [0.4, 0.5) is 10.6 Å². The Balaban J connectivity index is 1.27. The smallest absolute Gasteiger partial charge is 0.361 e. The maximum Gasteiger partial charge on any atom is 0.361 e. The van der Waals surface area contributed by atoms with Gasteiger partial charge in [0.2, 0.25) is 0 Å². The van der Waals surface area contributed by atoms with E-state index >= 15 is 0 Å². The third-order valence-electron chi connectivity index (χ3n) is 5.92. The first-order valence-electron chi connectivity index (χ1n) is 9.28. The van der Waals surface area contributed by atoms with Gasteiger partial charge in [-0.3, -0.25) is 10.1 Å². The van der Waals surface area contributed by atoms with Gasteiger partial charge in [-0.25, -0.2) is 19.6 Å². The highest BCUT2D eigenvalue weighted by molar-refractivity contribution is 5.97. The van der Waals surface area contributed by atoms with Gasteiger partial charge in [0.15, 0.2) is 18.1 Å². The lowest BCUT2D eigenvalue weighted by molar-refractivity contribution is -0.123. The third-order valence-corrected chi connectivity index (χ3v) is 5.92. The highest BCUT2D eigenvalue weighted by Crippen LogP contribution is 2.55. The van der Waals surface area contributed by atoms with Gasteiger partial charge in [0, 0.05) is 17.9 Å². The van der Waals surface area contributed by atoms with Gasteiger partial charge in [-0.2, -0.15) is 0 Å². The van der Waals surface area contributed by atoms with Crippen LogP contribution in [0.25, 0.3) is 0 Å². The van der Waals surface area contributed by atoms with Crippen LogP contribution in [-0.4, -0.2) is 40.0 Å². The van der Waals surface area contributed by atoms with Crippen molar-refractivity contribution in [1.82, 2.24) is 20.6 Å². The molecule has 0 unspecified atom stereocenters. The minimum Gasteiger partial charge on any atom is -0.451 e.